The van der Waals surface area contributed by atoms with E-state index in [1.807, 2.05) is 4.98 Å². The molecule has 0 spiro atoms. The molecule has 9 heteroatoms. The molecule has 0 fully saturated rings. The summed E-state index contributed by atoms with van der Waals surface area (Å²) in [5.74, 6) is -0.916. The van der Waals surface area contributed by atoms with Gasteiger partial charge in [0.1, 0.15) is 5.39 Å². The van der Waals surface area contributed by atoms with Gasteiger partial charge >= 0.3 is 5.63 Å². The zero-order valence-electron chi connectivity index (χ0n) is 10.5. The van der Waals surface area contributed by atoms with Crippen molar-refractivity contribution in [2.24, 2.45) is 0 Å². The van der Waals surface area contributed by atoms with Gasteiger partial charge in [-0.05, 0) is 18.4 Å². The molecule has 0 aromatic carbocycles. The Hall–Kier alpha value is -2.19. The summed E-state index contributed by atoms with van der Waals surface area (Å²) in [6, 6.07) is 0.979. The van der Waals surface area contributed by atoms with Crippen molar-refractivity contribution in [2.75, 3.05) is 0 Å². The molecule has 2 heterocycles. The average molecular weight is 306 g/mol. The Labute approximate surface area is 114 Å². The van der Waals surface area contributed by atoms with Crippen LogP contribution in [0.2, 0.25) is 0 Å². The van der Waals surface area contributed by atoms with Crippen molar-refractivity contribution >= 4 is 11.1 Å². The minimum Gasteiger partial charge on any atom is -0.403 e. The summed E-state index contributed by atoms with van der Waals surface area (Å²) in [4.78, 5) is 28.4. The summed E-state index contributed by atoms with van der Waals surface area (Å²) in [5, 5.41) is -0.173. The maximum atomic E-state index is 12.5. The Morgan fingerprint density at radius 3 is 2.57 bits per heavy atom. The Morgan fingerprint density at radius 2 is 1.95 bits per heavy atom. The second-order valence-electron chi connectivity index (χ2n) is 4.31. The van der Waals surface area contributed by atoms with E-state index >= 15 is 0 Å². The SMILES string of the molecule is O=c1cc(CCCC(F)F)c2c(=O)[nH]c(C(F)F)nc2o1. The number of hydrogen-bond acceptors (Lipinski definition) is 4. The van der Waals surface area contributed by atoms with Gasteiger partial charge in [0.25, 0.3) is 12.0 Å². The number of aromatic nitrogens is 2. The van der Waals surface area contributed by atoms with Gasteiger partial charge < -0.3 is 9.40 Å². The van der Waals surface area contributed by atoms with E-state index in [-0.39, 0.29) is 23.8 Å². The first-order valence-electron chi connectivity index (χ1n) is 6.01. The molecular weight excluding hydrogens is 296 g/mol. The van der Waals surface area contributed by atoms with Crippen molar-refractivity contribution in [1.29, 1.82) is 0 Å². The molecule has 0 aliphatic carbocycles. The van der Waals surface area contributed by atoms with Gasteiger partial charge in [-0.3, -0.25) is 4.79 Å². The number of nitrogens with one attached hydrogen (secondary N) is 1. The Kier molecular flexibility index (Phi) is 4.39. The first-order valence-corrected chi connectivity index (χ1v) is 6.01. The number of aryl methyl sites for hydroxylation is 1. The molecule has 2 aromatic heterocycles. The van der Waals surface area contributed by atoms with Gasteiger partial charge in [0, 0.05) is 12.5 Å². The standard InChI is InChI=1S/C12H10F4N2O3/c13-6(14)3-1-2-5-4-7(19)21-12-8(5)11(20)17-10(18-12)9(15)16/h4,6,9H,1-3H2,(H,17,18,20). The molecule has 0 bridgehead atoms. The number of H-pyrrole nitrogens is 1. The Balaban J connectivity index is 2.51. The second-order valence-corrected chi connectivity index (χ2v) is 4.31. The highest BCUT2D eigenvalue weighted by Gasteiger charge is 2.17. The Morgan fingerprint density at radius 1 is 1.24 bits per heavy atom. The number of rotatable bonds is 5. The predicted octanol–water partition coefficient (Wildman–Crippen LogP) is 2.40. The molecule has 0 atom stereocenters. The van der Waals surface area contributed by atoms with E-state index in [1.165, 1.54) is 0 Å². The van der Waals surface area contributed by atoms with Crippen LogP contribution in [0.1, 0.15) is 30.7 Å². The van der Waals surface area contributed by atoms with Crippen LogP contribution < -0.4 is 11.2 Å². The number of fused-ring (bicyclic) bond motifs is 1. The quantitative estimate of drug-likeness (QED) is 0.861. The summed E-state index contributed by atoms with van der Waals surface area (Å²) < 4.78 is 53.9. The topological polar surface area (TPSA) is 76.0 Å². The first kappa shape index (κ1) is 15.2. The van der Waals surface area contributed by atoms with Crippen LogP contribution in [0.15, 0.2) is 20.1 Å². The lowest BCUT2D eigenvalue weighted by Crippen LogP contribution is -2.16. The number of halogens is 4. The van der Waals surface area contributed by atoms with Crippen LogP contribution in [0.25, 0.3) is 11.1 Å². The van der Waals surface area contributed by atoms with E-state index in [2.05, 4.69) is 9.40 Å². The summed E-state index contributed by atoms with van der Waals surface area (Å²) in [7, 11) is 0. The smallest absolute Gasteiger partial charge is 0.337 e. The van der Waals surface area contributed by atoms with Gasteiger partial charge in [0.05, 0.1) is 0 Å². The normalized spacial score (nSPS) is 11.7. The first-order chi connectivity index (χ1) is 9.88. The van der Waals surface area contributed by atoms with Crippen molar-refractivity contribution < 1.29 is 22.0 Å². The summed E-state index contributed by atoms with van der Waals surface area (Å²) in [6.45, 7) is 0. The minimum absolute atomic E-state index is 0.0191. The summed E-state index contributed by atoms with van der Waals surface area (Å²) >= 11 is 0. The van der Waals surface area contributed by atoms with Gasteiger partial charge in [0.15, 0.2) is 5.82 Å². The van der Waals surface area contributed by atoms with Crippen LogP contribution in [-0.2, 0) is 6.42 Å². The number of alkyl halides is 4. The lowest BCUT2D eigenvalue weighted by atomic mass is 10.1. The fourth-order valence-corrected chi connectivity index (χ4v) is 1.91. The van der Waals surface area contributed by atoms with Crippen LogP contribution in [-0.4, -0.2) is 16.4 Å². The second kappa shape index (κ2) is 6.06. The molecule has 0 saturated carbocycles. The molecule has 0 amide bonds. The summed E-state index contributed by atoms with van der Waals surface area (Å²) in [5.41, 5.74) is -2.15. The van der Waals surface area contributed by atoms with E-state index < -0.39 is 42.0 Å². The van der Waals surface area contributed by atoms with Crippen molar-refractivity contribution in [3.05, 3.63) is 38.2 Å². The van der Waals surface area contributed by atoms with Crippen molar-refractivity contribution in [3.63, 3.8) is 0 Å². The third-order valence-electron chi connectivity index (χ3n) is 2.79. The van der Waals surface area contributed by atoms with Gasteiger partial charge in [-0.2, -0.15) is 4.98 Å². The van der Waals surface area contributed by atoms with E-state index in [1.54, 1.807) is 0 Å². The number of aromatic amines is 1. The maximum Gasteiger partial charge on any atom is 0.337 e. The van der Waals surface area contributed by atoms with Crippen LogP contribution in [0, 0.1) is 0 Å². The molecule has 2 aromatic rings. The summed E-state index contributed by atoms with van der Waals surface area (Å²) in [6.07, 6.45) is -5.88. The average Bonchev–Trinajstić information content (AvgIpc) is 2.36. The maximum absolute atomic E-state index is 12.5. The fourth-order valence-electron chi connectivity index (χ4n) is 1.91. The fraction of sp³-hybridized carbons (Fsp3) is 0.417. The van der Waals surface area contributed by atoms with E-state index in [9.17, 15) is 27.2 Å². The van der Waals surface area contributed by atoms with Gasteiger partial charge in [-0.15, -0.1) is 0 Å². The molecular formula is C12H10F4N2O3. The lowest BCUT2D eigenvalue weighted by molar-refractivity contribution is 0.135. The molecule has 2 rings (SSSR count). The third-order valence-corrected chi connectivity index (χ3v) is 2.79. The van der Waals surface area contributed by atoms with Crippen LogP contribution in [0.5, 0.6) is 0 Å². The molecule has 21 heavy (non-hydrogen) atoms. The molecule has 114 valence electrons. The van der Waals surface area contributed by atoms with Gasteiger partial charge in [-0.1, -0.05) is 0 Å². The van der Waals surface area contributed by atoms with Crippen LogP contribution in [0.3, 0.4) is 0 Å². The van der Waals surface area contributed by atoms with Gasteiger partial charge in [0.2, 0.25) is 12.1 Å². The number of nitrogens with zero attached hydrogens (tertiary/aromatic N) is 1. The van der Waals surface area contributed by atoms with Crippen molar-refractivity contribution in [1.82, 2.24) is 9.97 Å². The highest BCUT2D eigenvalue weighted by atomic mass is 19.3. The largest absolute Gasteiger partial charge is 0.403 e. The highest BCUT2D eigenvalue weighted by Crippen LogP contribution is 2.18. The van der Waals surface area contributed by atoms with Crippen molar-refractivity contribution in [2.45, 2.75) is 32.1 Å². The highest BCUT2D eigenvalue weighted by molar-refractivity contribution is 5.75. The Bertz CT molecular complexity index is 754. The number of hydrogen-bond donors (Lipinski definition) is 1. The third kappa shape index (κ3) is 3.47. The lowest BCUT2D eigenvalue weighted by Gasteiger charge is -2.05. The van der Waals surface area contributed by atoms with E-state index in [0.717, 1.165) is 6.07 Å². The molecule has 1 N–H and O–H groups in total. The molecule has 5 nitrogen and oxygen atoms in total. The van der Waals surface area contributed by atoms with Crippen LogP contribution >= 0.6 is 0 Å². The minimum atomic E-state index is -3.03. The molecule has 0 radical (unpaired) electrons. The van der Waals surface area contributed by atoms with E-state index in [4.69, 9.17) is 0 Å². The molecule has 0 unspecified atom stereocenters. The van der Waals surface area contributed by atoms with Gasteiger partial charge in [-0.25, -0.2) is 22.4 Å². The predicted molar refractivity (Wildman–Crippen MR) is 64.8 cm³/mol. The zero-order chi connectivity index (χ0) is 15.6. The zero-order valence-corrected chi connectivity index (χ0v) is 10.5. The van der Waals surface area contributed by atoms with Crippen LogP contribution in [0.4, 0.5) is 17.6 Å². The van der Waals surface area contributed by atoms with Crippen molar-refractivity contribution in [3.8, 4) is 0 Å². The monoisotopic (exact) mass is 306 g/mol. The molecule has 0 aliphatic rings. The van der Waals surface area contributed by atoms with E-state index in [0.29, 0.717) is 0 Å². The molecule has 0 saturated heterocycles. The molecule has 0 aliphatic heterocycles.